The van der Waals surface area contributed by atoms with Crippen LogP contribution in [0.1, 0.15) is 52.7 Å². The summed E-state index contributed by atoms with van der Waals surface area (Å²) >= 11 is 5.97. The molecule has 2 aromatic carbocycles. The van der Waals surface area contributed by atoms with Gasteiger partial charge in [-0.25, -0.2) is 0 Å². The number of rotatable bonds is 3. The van der Waals surface area contributed by atoms with Gasteiger partial charge < -0.3 is 5.11 Å². The Morgan fingerprint density at radius 2 is 1.63 bits per heavy atom. The van der Waals surface area contributed by atoms with Crippen LogP contribution in [0, 0.1) is 10.1 Å². The molecule has 144 valence electrons. The van der Waals surface area contributed by atoms with E-state index in [-0.39, 0.29) is 22.5 Å². The van der Waals surface area contributed by atoms with Gasteiger partial charge in [0.15, 0.2) is 5.69 Å². The second-order valence-corrected chi connectivity index (χ2v) is 8.88. The van der Waals surface area contributed by atoms with Gasteiger partial charge in [-0.15, -0.1) is 10.2 Å². The van der Waals surface area contributed by atoms with Crippen LogP contribution in [0.15, 0.2) is 40.6 Å². The van der Waals surface area contributed by atoms with Crippen molar-refractivity contribution in [1.29, 1.82) is 0 Å². The molecular formula is C20H24ClN3O3. The van der Waals surface area contributed by atoms with Crippen LogP contribution in [0.25, 0.3) is 0 Å². The van der Waals surface area contributed by atoms with Crippen molar-refractivity contribution in [3.63, 3.8) is 0 Å². The highest BCUT2D eigenvalue weighted by Gasteiger charge is 2.29. The number of halogens is 1. The van der Waals surface area contributed by atoms with Gasteiger partial charge in [0.2, 0.25) is 0 Å². The topological polar surface area (TPSA) is 88.1 Å². The van der Waals surface area contributed by atoms with Crippen LogP contribution in [0.3, 0.4) is 0 Å². The zero-order chi connectivity index (χ0) is 20.6. The molecule has 0 heterocycles. The summed E-state index contributed by atoms with van der Waals surface area (Å²) in [5, 5.41) is 30.6. The van der Waals surface area contributed by atoms with E-state index in [1.165, 1.54) is 18.2 Å². The van der Waals surface area contributed by atoms with Crippen LogP contribution >= 0.6 is 11.6 Å². The average Bonchev–Trinajstić information content (AvgIpc) is 2.50. The molecule has 0 fully saturated rings. The Labute approximate surface area is 164 Å². The number of hydrogen-bond acceptors (Lipinski definition) is 5. The van der Waals surface area contributed by atoms with Crippen molar-refractivity contribution >= 4 is 28.7 Å². The summed E-state index contributed by atoms with van der Waals surface area (Å²) in [7, 11) is 0. The van der Waals surface area contributed by atoms with Crippen molar-refractivity contribution in [1.82, 2.24) is 0 Å². The number of azo groups is 1. The summed E-state index contributed by atoms with van der Waals surface area (Å²) in [5.41, 5.74) is 1.27. The average molecular weight is 390 g/mol. The Balaban J connectivity index is 2.75. The second-order valence-electron chi connectivity index (χ2n) is 8.45. The smallest absolute Gasteiger partial charge is 0.296 e. The maximum Gasteiger partial charge on any atom is 0.296 e. The van der Waals surface area contributed by atoms with E-state index in [0.29, 0.717) is 16.3 Å². The van der Waals surface area contributed by atoms with Crippen LogP contribution in [0.4, 0.5) is 17.1 Å². The standard InChI is InChI=1S/C20H24ClN3O3/c1-19(2,3)13-8-10-16(25)17(20(4,5)6)18(13)23-22-14-11-12(21)7-9-15(14)24(26)27/h7-11,25H,1-6H3. The number of phenolic OH excluding ortho intramolecular Hbond substituents is 1. The van der Waals surface area contributed by atoms with Crippen LogP contribution < -0.4 is 0 Å². The Kier molecular flexibility index (Phi) is 5.61. The van der Waals surface area contributed by atoms with Crippen LogP contribution in [0.5, 0.6) is 5.75 Å². The molecule has 0 radical (unpaired) electrons. The van der Waals surface area contributed by atoms with Crippen molar-refractivity contribution < 1.29 is 10.0 Å². The van der Waals surface area contributed by atoms with Gasteiger partial charge >= 0.3 is 0 Å². The van der Waals surface area contributed by atoms with Crippen LogP contribution in [0.2, 0.25) is 5.02 Å². The zero-order valence-corrected chi connectivity index (χ0v) is 17.1. The third-order valence-corrected chi connectivity index (χ3v) is 4.34. The van der Waals surface area contributed by atoms with Crippen molar-refractivity contribution in [2.24, 2.45) is 10.2 Å². The van der Waals surface area contributed by atoms with E-state index >= 15 is 0 Å². The molecule has 0 unspecified atom stereocenters. The number of nitro benzene ring substituents is 1. The highest BCUT2D eigenvalue weighted by molar-refractivity contribution is 6.30. The minimum Gasteiger partial charge on any atom is -0.508 e. The summed E-state index contributed by atoms with van der Waals surface area (Å²) < 4.78 is 0. The molecule has 0 aromatic heterocycles. The maximum atomic E-state index is 11.3. The van der Waals surface area contributed by atoms with E-state index in [1.54, 1.807) is 6.07 Å². The first-order valence-electron chi connectivity index (χ1n) is 8.55. The third kappa shape index (κ3) is 4.63. The molecule has 0 bridgehead atoms. The maximum absolute atomic E-state index is 11.3. The van der Waals surface area contributed by atoms with E-state index < -0.39 is 10.3 Å². The lowest BCUT2D eigenvalue weighted by molar-refractivity contribution is -0.384. The van der Waals surface area contributed by atoms with Gasteiger partial charge in [0.1, 0.15) is 5.75 Å². The number of hydrogen-bond donors (Lipinski definition) is 1. The summed E-state index contributed by atoms with van der Waals surface area (Å²) in [6.45, 7) is 12.0. The molecule has 0 saturated heterocycles. The van der Waals surface area contributed by atoms with Gasteiger partial charge in [0.05, 0.1) is 10.6 Å². The first kappa shape index (κ1) is 20.8. The molecule has 0 aliphatic rings. The fourth-order valence-corrected chi connectivity index (χ4v) is 3.03. The zero-order valence-electron chi connectivity index (χ0n) is 16.4. The molecule has 6 nitrogen and oxygen atoms in total. The number of nitrogens with zero attached hydrogens (tertiary/aromatic N) is 3. The first-order chi connectivity index (χ1) is 12.3. The Hall–Kier alpha value is -2.47. The molecule has 0 aliphatic carbocycles. The molecule has 2 aromatic rings. The highest BCUT2D eigenvalue weighted by atomic mass is 35.5. The summed E-state index contributed by atoms with van der Waals surface area (Å²) in [6.07, 6.45) is 0. The van der Waals surface area contributed by atoms with Gasteiger partial charge in [-0.05, 0) is 34.6 Å². The number of phenols is 1. The first-order valence-corrected chi connectivity index (χ1v) is 8.93. The predicted molar refractivity (Wildman–Crippen MR) is 108 cm³/mol. The van der Waals surface area contributed by atoms with Crippen molar-refractivity contribution in [2.75, 3.05) is 0 Å². The predicted octanol–water partition coefficient (Wildman–Crippen LogP) is 6.96. The van der Waals surface area contributed by atoms with Crippen LogP contribution in [-0.2, 0) is 10.8 Å². The summed E-state index contributed by atoms with van der Waals surface area (Å²) in [5.74, 6) is 0.116. The second kappa shape index (κ2) is 7.27. The summed E-state index contributed by atoms with van der Waals surface area (Å²) in [6, 6.07) is 7.61. The fraction of sp³-hybridized carbons (Fsp3) is 0.400. The summed E-state index contributed by atoms with van der Waals surface area (Å²) in [4.78, 5) is 10.7. The van der Waals surface area contributed by atoms with E-state index in [1.807, 2.05) is 47.6 Å². The fourth-order valence-electron chi connectivity index (χ4n) is 2.86. The van der Waals surface area contributed by atoms with Gasteiger partial charge in [-0.3, -0.25) is 10.1 Å². The normalized spacial score (nSPS) is 12.6. The van der Waals surface area contributed by atoms with Gasteiger partial charge in [-0.2, -0.15) is 0 Å². The van der Waals surface area contributed by atoms with Crippen molar-refractivity contribution in [3.8, 4) is 5.75 Å². The largest absolute Gasteiger partial charge is 0.508 e. The van der Waals surface area contributed by atoms with Crippen molar-refractivity contribution in [2.45, 2.75) is 52.4 Å². The number of nitro groups is 1. The van der Waals surface area contributed by atoms with Gasteiger partial charge in [0, 0.05) is 16.7 Å². The minimum atomic E-state index is -0.525. The van der Waals surface area contributed by atoms with E-state index in [0.717, 1.165) is 5.56 Å². The van der Waals surface area contributed by atoms with E-state index in [2.05, 4.69) is 10.2 Å². The monoisotopic (exact) mass is 389 g/mol. The van der Waals surface area contributed by atoms with E-state index in [4.69, 9.17) is 11.6 Å². The highest BCUT2D eigenvalue weighted by Crippen LogP contribution is 2.45. The van der Waals surface area contributed by atoms with Crippen LogP contribution in [-0.4, -0.2) is 10.0 Å². The lowest BCUT2D eigenvalue weighted by Crippen LogP contribution is -2.17. The quantitative estimate of drug-likeness (QED) is 0.349. The Bertz CT molecular complexity index is 910. The Morgan fingerprint density at radius 3 is 2.15 bits per heavy atom. The van der Waals surface area contributed by atoms with Gasteiger partial charge in [-0.1, -0.05) is 59.2 Å². The lowest BCUT2D eigenvalue weighted by atomic mass is 9.78. The van der Waals surface area contributed by atoms with Gasteiger partial charge in [0.25, 0.3) is 5.69 Å². The SMILES string of the molecule is CC(C)(C)c1ccc(O)c(C(C)(C)C)c1N=Nc1cc(Cl)ccc1[N+](=O)[O-]. The third-order valence-electron chi connectivity index (χ3n) is 4.11. The molecule has 2 rings (SSSR count). The lowest BCUT2D eigenvalue weighted by Gasteiger charge is -2.28. The van der Waals surface area contributed by atoms with Crippen molar-refractivity contribution in [3.05, 3.63) is 56.6 Å². The van der Waals surface area contributed by atoms with E-state index in [9.17, 15) is 15.2 Å². The number of aromatic hydroxyl groups is 1. The molecule has 7 heteroatoms. The number of benzene rings is 2. The molecule has 0 saturated carbocycles. The molecule has 0 amide bonds. The molecule has 27 heavy (non-hydrogen) atoms. The molecule has 0 aliphatic heterocycles. The Morgan fingerprint density at radius 1 is 1.00 bits per heavy atom. The molecule has 0 spiro atoms. The molecule has 0 atom stereocenters. The minimum absolute atomic E-state index is 0.0653. The molecular weight excluding hydrogens is 366 g/mol. The molecule has 1 N–H and O–H groups in total.